The Labute approximate surface area is 146 Å². The largest absolute Gasteiger partial charge is 0.366 e. The molecule has 0 fully saturated rings. The fourth-order valence-corrected chi connectivity index (χ4v) is 2.39. The van der Waals surface area contributed by atoms with E-state index in [1.54, 1.807) is 25.4 Å². The van der Waals surface area contributed by atoms with Crippen molar-refractivity contribution in [2.45, 2.75) is 20.4 Å². The van der Waals surface area contributed by atoms with E-state index in [4.69, 9.17) is 0 Å². The van der Waals surface area contributed by atoms with Gasteiger partial charge in [-0.05, 0) is 49.2 Å². The van der Waals surface area contributed by atoms with E-state index in [0.717, 1.165) is 16.8 Å². The average molecular weight is 333 g/mol. The molecule has 6 heteroatoms. The highest BCUT2D eigenvalue weighted by molar-refractivity contribution is 6.03. The molecule has 0 unspecified atom stereocenters. The molecular weight excluding hydrogens is 314 g/mol. The molecule has 0 radical (unpaired) electrons. The summed E-state index contributed by atoms with van der Waals surface area (Å²) in [4.78, 5) is 25.0. The number of aromatic nitrogens is 3. The number of nitrogens with zero attached hydrogens (tertiary/aromatic N) is 3. The third-order valence-electron chi connectivity index (χ3n) is 3.57. The van der Waals surface area contributed by atoms with Crippen molar-refractivity contribution in [1.29, 1.82) is 0 Å². The van der Waals surface area contributed by atoms with Gasteiger partial charge in [0.05, 0.1) is 0 Å². The molecule has 2 heterocycles. The molecule has 25 heavy (non-hydrogen) atoms. The van der Waals surface area contributed by atoms with E-state index in [-0.39, 0.29) is 5.91 Å². The van der Waals surface area contributed by atoms with Crippen LogP contribution in [0.4, 0.5) is 11.5 Å². The number of nitrogens with one attached hydrogen (secondary N) is 2. The molecule has 0 aliphatic carbocycles. The van der Waals surface area contributed by atoms with Crippen LogP contribution in [0, 0.1) is 13.8 Å². The Morgan fingerprint density at radius 1 is 1.04 bits per heavy atom. The number of anilines is 2. The van der Waals surface area contributed by atoms with Gasteiger partial charge < -0.3 is 10.6 Å². The summed E-state index contributed by atoms with van der Waals surface area (Å²) in [5.74, 6) is 0.885. The molecular formula is C19H19N5O. The molecule has 1 aromatic carbocycles. The summed E-state index contributed by atoms with van der Waals surface area (Å²) in [5.41, 5.74) is 3.23. The number of amides is 1. The number of pyridine rings is 1. The van der Waals surface area contributed by atoms with Gasteiger partial charge in [0.15, 0.2) is 0 Å². The maximum atomic E-state index is 12.5. The predicted molar refractivity (Wildman–Crippen MR) is 97.5 cm³/mol. The molecule has 0 bridgehead atoms. The maximum absolute atomic E-state index is 12.5. The summed E-state index contributed by atoms with van der Waals surface area (Å²) < 4.78 is 0. The van der Waals surface area contributed by atoms with Crippen LogP contribution < -0.4 is 10.6 Å². The van der Waals surface area contributed by atoms with Gasteiger partial charge in [0.25, 0.3) is 5.91 Å². The molecule has 1 amide bonds. The number of hydrogen-bond acceptors (Lipinski definition) is 5. The molecule has 0 saturated carbocycles. The molecule has 0 spiro atoms. The Balaban J connectivity index is 1.73. The Bertz CT molecular complexity index is 880. The second-order valence-corrected chi connectivity index (χ2v) is 5.72. The average Bonchev–Trinajstić information content (AvgIpc) is 2.60. The maximum Gasteiger partial charge on any atom is 0.274 e. The quantitative estimate of drug-likeness (QED) is 0.748. The van der Waals surface area contributed by atoms with Gasteiger partial charge in [-0.15, -0.1) is 0 Å². The van der Waals surface area contributed by atoms with E-state index >= 15 is 0 Å². The molecule has 0 aliphatic heterocycles. The molecule has 6 nitrogen and oxygen atoms in total. The van der Waals surface area contributed by atoms with Crippen molar-refractivity contribution in [2.24, 2.45) is 0 Å². The summed E-state index contributed by atoms with van der Waals surface area (Å²) in [7, 11) is 0. The summed E-state index contributed by atoms with van der Waals surface area (Å²) in [5, 5.41) is 6.07. The molecule has 2 N–H and O–H groups in total. The van der Waals surface area contributed by atoms with Gasteiger partial charge in [-0.2, -0.15) is 0 Å². The Morgan fingerprint density at radius 3 is 2.60 bits per heavy atom. The minimum Gasteiger partial charge on any atom is -0.366 e. The van der Waals surface area contributed by atoms with Crippen LogP contribution in [0.25, 0.3) is 0 Å². The highest BCUT2D eigenvalue weighted by Crippen LogP contribution is 2.13. The molecule has 126 valence electrons. The first-order chi connectivity index (χ1) is 12.1. The van der Waals surface area contributed by atoms with Crippen LogP contribution in [0.5, 0.6) is 0 Å². The van der Waals surface area contributed by atoms with Crippen molar-refractivity contribution in [3.63, 3.8) is 0 Å². The van der Waals surface area contributed by atoms with Crippen molar-refractivity contribution in [3.8, 4) is 0 Å². The SMILES string of the molecule is Cc1cccc(NC(=O)c2cc(NCc3ccncc3)nc(C)n2)c1. The van der Waals surface area contributed by atoms with Gasteiger partial charge in [-0.25, -0.2) is 9.97 Å². The van der Waals surface area contributed by atoms with Crippen LogP contribution in [0.15, 0.2) is 54.9 Å². The first-order valence-electron chi connectivity index (χ1n) is 7.96. The minimum absolute atomic E-state index is 0.261. The number of aryl methyl sites for hydroxylation is 2. The number of benzene rings is 1. The van der Waals surface area contributed by atoms with Gasteiger partial charge in [-0.3, -0.25) is 9.78 Å². The summed E-state index contributed by atoms with van der Waals surface area (Å²) in [6.45, 7) is 4.34. The van der Waals surface area contributed by atoms with Crippen LogP contribution >= 0.6 is 0 Å². The predicted octanol–water partition coefficient (Wildman–Crippen LogP) is 3.35. The second kappa shape index (κ2) is 7.53. The van der Waals surface area contributed by atoms with Crippen LogP contribution in [0.3, 0.4) is 0 Å². The topological polar surface area (TPSA) is 79.8 Å². The monoisotopic (exact) mass is 333 g/mol. The van der Waals surface area contributed by atoms with Gasteiger partial charge in [0.2, 0.25) is 0 Å². The first-order valence-corrected chi connectivity index (χ1v) is 7.96. The van der Waals surface area contributed by atoms with E-state index in [1.807, 2.05) is 43.3 Å². The van der Waals surface area contributed by atoms with E-state index in [2.05, 4.69) is 25.6 Å². The zero-order chi connectivity index (χ0) is 17.6. The zero-order valence-corrected chi connectivity index (χ0v) is 14.2. The highest BCUT2D eigenvalue weighted by atomic mass is 16.1. The van der Waals surface area contributed by atoms with Crippen LogP contribution in [0.1, 0.15) is 27.4 Å². The van der Waals surface area contributed by atoms with Gasteiger partial charge in [0, 0.05) is 30.7 Å². The second-order valence-electron chi connectivity index (χ2n) is 5.72. The van der Waals surface area contributed by atoms with Crippen LogP contribution in [0.2, 0.25) is 0 Å². The van der Waals surface area contributed by atoms with Gasteiger partial charge in [0.1, 0.15) is 17.3 Å². The van der Waals surface area contributed by atoms with Crippen molar-refractivity contribution in [2.75, 3.05) is 10.6 Å². The summed E-state index contributed by atoms with van der Waals surface area (Å²) in [6, 6.07) is 13.1. The van der Waals surface area contributed by atoms with Gasteiger partial charge >= 0.3 is 0 Å². The molecule has 3 rings (SSSR count). The normalized spacial score (nSPS) is 10.3. The van der Waals surface area contributed by atoms with Crippen LogP contribution in [-0.4, -0.2) is 20.9 Å². The van der Waals surface area contributed by atoms with Crippen molar-refractivity contribution in [1.82, 2.24) is 15.0 Å². The fourth-order valence-electron chi connectivity index (χ4n) is 2.39. The van der Waals surface area contributed by atoms with Crippen LogP contribution in [-0.2, 0) is 6.54 Å². The number of carbonyl (C=O) groups excluding carboxylic acids is 1. The Hall–Kier alpha value is -3.28. The van der Waals surface area contributed by atoms with E-state index in [9.17, 15) is 4.79 Å². The Morgan fingerprint density at radius 2 is 1.84 bits per heavy atom. The van der Waals surface area contributed by atoms with E-state index in [1.165, 1.54) is 0 Å². The molecule has 3 aromatic rings. The molecule has 0 saturated heterocycles. The lowest BCUT2D eigenvalue weighted by atomic mass is 10.2. The standard InChI is InChI=1S/C19H19N5O/c1-13-4-3-5-16(10-13)24-19(25)17-11-18(23-14(2)22-17)21-12-15-6-8-20-9-7-15/h3-11H,12H2,1-2H3,(H,24,25)(H,21,22,23). The number of rotatable bonds is 5. The molecule has 0 atom stereocenters. The van der Waals surface area contributed by atoms with Crippen molar-refractivity contribution < 1.29 is 4.79 Å². The van der Waals surface area contributed by atoms with Gasteiger partial charge in [-0.1, -0.05) is 12.1 Å². The Kier molecular flexibility index (Phi) is 4.99. The first kappa shape index (κ1) is 16.6. The third-order valence-corrected chi connectivity index (χ3v) is 3.57. The van der Waals surface area contributed by atoms with E-state index < -0.39 is 0 Å². The molecule has 0 aliphatic rings. The molecule has 2 aromatic heterocycles. The summed E-state index contributed by atoms with van der Waals surface area (Å²) >= 11 is 0. The lowest BCUT2D eigenvalue weighted by Crippen LogP contribution is -2.16. The fraction of sp³-hybridized carbons (Fsp3) is 0.158. The third kappa shape index (κ3) is 4.60. The lowest BCUT2D eigenvalue weighted by molar-refractivity contribution is 0.102. The minimum atomic E-state index is -0.261. The zero-order valence-electron chi connectivity index (χ0n) is 14.2. The van der Waals surface area contributed by atoms with E-state index in [0.29, 0.717) is 23.9 Å². The number of carbonyl (C=O) groups is 1. The number of hydrogen-bond donors (Lipinski definition) is 2. The summed E-state index contributed by atoms with van der Waals surface area (Å²) in [6.07, 6.45) is 3.48. The van der Waals surface area contributed by atoms with Crippen molar-refractivity contribution >= 4 is 17.4 Å². The highest BCUT2D eigenvalue weighted by Gasteiger charge is 2.11. The smallest absolute Gasteiger partial charge is 0.274 e. The lowest BCUT2D eigenvalue weighted by Gasteiger charge is -2.09. The van der Waals surface area contributed by atoms with Crippen molar-refractivity contribution in [3.05, 3.63) is 77.5 Å².